The molecule has 0 aliphatic heterocycles. The van der Waals surface area contributed by atoms with E-state index in [4.69, 9.17) is 5.26 Å². The molecule has 0 saturated carbocycles. The van der Waals surface area contributed by atoms with Crippen molar-refractivity contribution >= 4 is 6.03 Å². The predicted molar refractivity (Wildman–Crippen MR) is 66.4 cm³/mol. The fourth-order valence-electron chi connectivity index (χ4n) is 1.67. The first-order valence-corrected chi connectivity index (χ1v) is 5.61. The van der Waals surface area contributed by atoms with Gasteiger partial charge in [0.25, 0.3) is 5.82 Å². The summed E-state index contributed by atoms with van der Waals surface area (Å²) in [5.41, 5.74) is 0.676. The van der Waals surface area contributed by atoms with Crippen LogP contribution in [0.3, 0.4) is 0 Å². The zero-order chi connectivity index (χ0) is 13.9. The quantitative estimate of drug-likeness (QED) is 0.648. The number of aromatic nitrogens is 6. The fourth-order valence-corrected chi connectivity index (χ4v) is 1.67. The Morgan fingerprint density at radius 1 is 1.25 bits per heavy atom. The van der Waals surface area contributed by atoms with E-state index in [-0.39, 0.29) is 11.6 Å². The lowest BCUT2D eigenvalue weighted by atomic mass is 10.2. The smallest absolute Gasteiger partial charge is 0.243 e. The average Bonchev–Trinajstić information content (AvgIpc) is 3.17. The highest BCUT2D eigenvalue weighted by Gasteiger charge is 2.19. The maximum Gasteiger partial charge on any atom is 0.372 e. The minimum atomic E-state index is -0.560. The number of hydrogen-bond donors (Lipinski definition) is 0. The van der Waals surface area contributed by atoms with Crippen molar-refractivity contribution in [1.29, 1.82) is 5.26 Å². The van der Waals surface area contributed by atoms with Crippen molar-refractivity contribution in [2.24, 2.45) is 0 Å². The van der Waals surface area contributed by atoms with Crippen molar-refractivity contribution in [3.05, 3.63) is 48.8 Å². The molecule has 8 heteroatoms. The molecule has 0 aliphatic carbocycles. The third-order valence-corrected chi connectivity index (χ3v) is 2.54. The Morgan fingerprint density at radius 3 is 2.70 bits per heavy atom. The Labute approximate surface area is 112 Å². The molecule has 0 atom stereocenters. The number of carbonyl (C=O) groups excluding carboxylic acids is 1. The van der Waals surface area contributed by atoms with Gasteiger partial charge < -0.3 is 0 Å². The number of carbonyl (C=O) groups is 1. The summed E-state index contributed by atoms with van der Waals surface area (Å²) in [5.74, 6) is 0.194. The van der Waals surface area contributed by atoms with Crippen LogP contribution in [0.4, 0.5) is 4.79 Å². The molecule has 96 valence electrons. The summed E-state index contributed by atoms with van der Waals surface area (Å²) in [5, 5.41) is 16.5. The van der Waals surface area contributed by atoms with Gasteiger partial charge in [-0.3, -0.25) is 0 Å². The molecular formula is C12H7N7O. The van der Waals surface area contributed by atoms with Crippen LogP contribution >= 0.6 is 0 Å². The van der Waals surface area contributed by atoms with E-state index in [2.05, 4.69) is 20.2 Å². The van der Waals surface area contributed by atoms with E-state index in [0.717, 1.165) is 9.36 Å². The normalized spacial score (nSPS) is 10.2. The molecule has 3 rings (SSSR count). The molecule has 0 bridgehead atoms. The predicted octanol–water partition coefficient (Wildman–Crippen LogP) is 0.925. The van der Waals surface area contributed by atoms with Gasteiger partial charge in [-0.05, 0) is 0 Å². The van der Waals surface area contributed by atoms with E-state index in [1.54, 1.807) is 24.3 Å². The second kappa shape index (κ2) is 4.74. The molecule has 2 heterocycles. The lowest BCUT2D eigenvalue weighted by Gasteiger charge is -2.03. The number of benzene rings is 1. The van der Waals surface area contributed by atoms with Gasteiger partial charge in [-0.1, -0.05) is 30.3 Å². The van der Waals surface area contributed by atoms with Crippen LogP contribution in [0.1, 0.15) is 5.82 Å². The monoisotopic (exact) mass is 265 g/mol. The van der Waals surface area contributed by atoms with Crippen LogP contribution in [0.2, 0.25) is 0 Å². The van der Waals surface area contributed by atoms with Gasteiger partial charge in [-0.15, -0.1) is 5.10 Å². The summed E-state index contributed by atoms with van der Waals surface area (Å²) in [4.78, 5) is 20.0. The van der Waals surface area contributed by atoms with Gasteiger partial charge >= 0.3 is 6.03 Å². The molecule has 0 saturated heterocycles. The Kier molecular flexibility index (Phi) is 2.78. The highest BCUT2D eigenvalue weighted by Crippen LogP contribution is 2.16. The second-order valence-corrected chi connectivity index (χ2v) is 3.77. The summed E-state index contributed by atoms with van der Waals surface area (Å²) in [7, 11) is 0. The van der Waals surface area contributed by atoms with E-state index in [9.17, 15) is 4.79 Å². The first kappa shape index (κ1) is 11.7. The van der Waals surface area contributed by atoms with Crippen LogP contribution in [-0.2, 0) is 0 Å². The summed E-state index contributed by atoms with van der Waals surface area (Å²) >= 11 is 0. The van der Waals surface area contributed by atoms with Crippen molar-refractivity contribution in [3.63, 3.8) is 0 Å². The molecule has 8 nitrogen and oxygen atoms in total. The van der Waals surface area contributed by atoms with E-state index >= 15 is 0 Å². The third kappa shape index (κ3) is 1.93. The van der Waals surface area contributed by atoms with Crippen LogP contribution in [0, 0.1) is 11.3 Å². The summed E-state index contributed by atoms with van der Waals surface area (Å²) in [6, 6.07) is 10.3. The average molecular weight is 265 g/mol. The Morgan fingerprint density at radius 2 is 2.05 bits per heavy atom. The molecule has 3 aromatic rings. The Bertz CT molecular complexity index is 783. The molecule has 20 heavy (non-hydrogen) atoms. The van der Waals surface area contributed by atoms with Gasteiger partial charge in [0.05, 0.1) is 0 Å². The van der Waals surface area contributed by atoms with Gasteiger partial charge in [-0.2, -0.15) is 24.7 Å². The van der Waals surface area contributed by atoms with Gasteiger partial charge in [0.1, 0.15) is 18.7 Å². The number of rotatable bonds is 1. The fraction of sp³-hybridized carbons (Fsp3) is 0. The molecule has 0 N–H and O–H groups in total. The van der Waals surface area contributed by atoms with Gasteiger partial charge in [0.2, 0.25) is 0 Å². The molecule has 2 aromatic heterocycles. The van der Waals surface area contributed by atoms with Crippen molar-refractivity contribution in [3.8, 4) is 17.5 Å². The van der Waals surface area contributed by atoms with Crippen LogP contribution in [0.25, 0.3) is 11.4 Å². The van der Waals surface area contributed by atoms with Gasteiger partial charge in [0.15, 0.2) is 5.82 Å². The minimum Gasteiger partial charge on any atom is -0.243 e. The van der Waals surface area contributed by atoms with Gasteiger partial charge in [0, 0.05) is 5.56 Å². The minimum absolute atomic E-state index is 0.0858. The molecule has 0 aliphatic rings. The number of hydrogen-bond acceptors (Lipinski definition) is 6. The maximum absolute atomic E-state index is 12.2. The molecule has 0 radical (unpaired) electrons. The van der Waals surface area contributed by atoms with Crippen molar-refractivity contribution in [1.82, 2.24) is 29.5 Å². The lowest BCUT2D eigenvalue weighted by molar-refractivity contribution is 0.238. The zero-order valence-corrected chi connectivity index (χ0v) is 10.1. The molecular weight excluding hydrogens is 258 g/mol. The van der Waals surface area contributed by atoms with Crippen LogP contribution < -0.4 is 0 Å². The lowest BCUT2D eigenvalue weighted by Crippen LogP contribution is -2.22. The van der Waals surface area contributed by atoms with E-state index < -0.39 is 6.03 Å². The molecule has 0 spiro atoms. The second-order valence-electron chi connectivity index (χ2n) is 3.77. The molecule has 0 unspecified atom stereocenters. The van der Waals surface area contributed by atoms with Crippen molar-refractivity contribution in [2.75, 3.05) is 0 Å². The zero-order valence-electron chi connectivity index (χ0n) is 10.1. The van der Waals surface area contributed by atoms with Crippen molar-refractivity contribution < 1.29 is 4.79 Å². The van der Waals surface area contributed by atoms with E-state index in [1.165, 1.54) is 12.7 Å². The Hall–Kier alpha value is -3.34. The SMILES string of the molecule is N#Cc1nc(-c2ccccc2)n(C(=O)n2cncn2)n1. The third-order valence-electron chi connectivity index (χ3n) is 2.54. The summed E-state index contributed by atoms with van der Waals surface area (Å²) in [6.45, 7) is 0. The van der Waals surface area contributed by atoms with E-state index in [1.807, 2.05) is 12.1 Å². The molecule has 0 fully saturated rings. The maximum atomic E-state index is 12.2. The topological polar surface area (TPSA) is 102 Å². The highest BCUT2D eigenvalue weighted by atomic mass is 16.2. The highest BCUT2D eigenvalue weighted by molar-refractivity contribution is 5.81. The van der Waals surface area contributed by atoms with Crippen LogP contribution in [-0.4, -0.2) is 35.6 Å². The number of nitriles is 1. The summed E-state index contributed by atoms with van der Waals surface area (Å²) < 4.78 is 2.05. The summed E-state index contributed by atoms with van der Waals surface area (Å²) in [6.07, 6.45) is 2.49. The van der Waals surface area contributed by atoms with Crippen LogP contribution in [0.15, 0.2) is 43.0 Å². The first-order valence-electron chi connectivity index (χ1n) is 5.61. The van der Waals surface area contributed by atoms with Crippen molar-refractivity contribution in [2.45, 2.75) is 0 Å². The standard InChI is InChI=1S/C12H7N7O/c13-6-10-16-11(9-4-2-1-3-5-9)19(17-10)12(20)18-8-14-7-15-18/h1-5,7-8H. The van der Waals surface area contributed by atoms with E-state index in [0.29, 0.717) is 5.56 Å². The Balaban J connectivity index is 2.14. The molecule has 0 amide bonds. The van der Waals surface area contributed by atoms with Crippen LogP contribution in [0.5, 0.6) is 0 Å². The largest absolute Gasteiger partial charge is 0.372 e. The first-order chi connectivity index (χ1) is 9.79. The molecule has 1 aromatic carbocycles. The van der Waals surface area contributed by atoms with Gasteiger partial charge in [-0.25, -0.2) is 9.78 Å². The number of nitrogens with zero attached hydrogens (tertiary/aromatic N) is 7.